The van der Waals surface area contributed by atoms with E-state index >= 15 is 0 Å². The number of carbonyl (C=O) groups is 1. The predicted molar refractivity (Wildman–Crippen MR) is 76.4 cm³/mol. The van der Waals surface area contributed by atoms with Gasteiger partial charge in [-0.2, -0.15) is 0 Å². The SMILES string of the molecule is COc1ccc(Br)c(C(=O)N2CCCC(CO)C2)c1. The van der Waals surface area contributed by atoms with Crippen molar-refractivity contribution in [3.05, 3.63) is 28.2 Å². The molecule has 2 rings (SSSR count). The molecule has 1 aliphatic rings. The second-order valence-electron chi connectivity index (χ2n) is 4.79. The lowest BCUT2D eigenvalue weighted by Gasteiger charge is -2.32. The number of methoxy groups -OCH3 is 1. The Morgan fingerprint density at radius 3 is 3.05 bits per heavy atom. The lowest BCUT2D eigenvalue weighted by molar-refractivity contribution is 0.0619. The summed E-state index contributed by atoms with van der Waals surface area (Å²) in [6.07, 6.45) is 1.93. The zero-order chi connectivity index (χ0) is 13.8. The van der Waals surface area contributed by atoms with Crippen molar-refractivity contribution in [1.82, 2.24) is 4.90 Å². The minimum atomic E-state index is -0.0103. The van der Waals surface area contributed by atoms with Gasteiger partial charge in [-0.25, -0.2) is 0 Å². The highest BCUT2D eigenvalue weighted by atomic mass is 79.9. The summed E-state index contributed by atoms with van der Waals surface area (Å²) in [5.41, 5.74) is 0.609. The number of halogens is 1. The number of hydrogen-bond acceptors (Lipinski definition) is 3. The average molecular weight is 328 g/mol. The Bertz CT molecular complexity index is 464. The Morgan fingerprint density at radius 2 is 2.37 bits per heavy atom. The number of carbonyl (C=O) groups excluding carboxylic acids is 1. The van der Waals surface area contributed by atoms with Crippen molar-refractivity contribution in [1.29, 1.82) is 0 Å². The van der Waals surface area contributed by atoms with E-state index < -0.39 is 0 Å². The van der Waals surface area contributed by atoms with Gasteiger partial charge < -0.3 is 14.7 Å². The number of hydrogen-bond donors (Lipinski definition) is 1. The number of ether oxygens (including phenoxy) is 1. The smallest absolute Gasteiger partial charge is 0.255 e. The molecule has 1 heterocycles. The van der Waals surface area contributed by atoms with Crippen LogP contribution in [0, 0.1) is 5.92 Å². The van der Waals surface area contributed by atoms with Gasteiger partial charge in [0.05, 0.1) is 12.7 Å². The van der Waals surface area contributed by atoms with E-state index in [1.54, 1.807) is 13.2 Å². The van der Waals surface area contributed by atoms with Crippen LogP contribution < -0.4 is 4.74 Å². The van der Waals surface area contributed by atoms with Crippen molar-refractivity contribution in [3.63, 3.8) is 0 Å². The van der Waals surface area contributed by atoms with Crippen molar-refractivity contribution in [3.8, 4) is 5.75 Å². The van der Waals surface area contributed by atoms with E-state index in [0.717, 1.165) is 23.9 Å². The van der Waals surface area contributed by atoms with E-state index in [1.807, 2.05) is 17.0 Å². The Balaban J connectivity index is 2.18. The zero-order valence-corrected chi connectivity index (χ0v) is 12.5. The molecule has 1 aromatic rings. The van der Waals surface area contributed by atoms with Gasteiger partial charge in [0.25, 0.3) is 5.91 Å². The maximum Gasteiger partial charge on any atom is 0.255 e. The normalized spacial score (nSPS) is 19.3. The molecule has 1 atom stereocenters. The topological polar surface area (TPSA) is 49.8 Å². The summed E-state index contributed by atoms with van der Waals surface area (Å²) in [7, 11) is 1.58. The van der Waals surface area contributed by atoms with Crippen LogP contribution in [0.1, 0.15) is 23.2 Å². The van der Waals surface area contributed by atoms with Gasteiger partial charge in [0.15, 0.2) is 0 Å². The van der Waals surface area contributed by atoms with E-state index in [9.17, 15) is 9.90 Å². The molecule has 0 saturated carbocycles. The number of piperidine rings is 1. The molecule has 104 valence electrons. The summed E-state index contributed by atoms with van der Waals surface area (Å²) < 4.78 is 5.93. The lowest BCUT2D eigenvalue weighted by atomic mass is 9.98. The third-order valence-electron chi connectivity index (χ3n) is 3.47. The molecular formula is C14H18BrNO3. The maximum atomic E-state index is 12.5. The van der Waals surface area contributed by atoms with Crippen molar-refractivity contribution in [2.75, 3.05) is 26.8 Å². The van der Waals surface area contributed by atoms with Crippen LogP contribution in [-0.2, 0) is 0 Å². The van der Waals surface area contributed by atoms with Crippen molar-refractivity contribution in [2.45, 2.75) is 12.8 Å². The van der Waals surface area contributed by atoms with Crippen molar-refractivity contribution >= 4 is 21.8 Å². The van der Waals surface area contributed by atoms with Crippen LogP contribution in [0.15, 0.2) is 22.7 Å². The fraction of sp³-hybridized carbons (Fsp3) is 0.500. The van der Waals surface area contributed by atoms with Gasteiger partial charge in [0.1, 0.15) is 5.75 Å². The molecule has 0 spiro atoms. The molecule has 4 nitrogen and oxygen atoms in total. The first-order chi connectivity index (χ1) is 9.15. The molecule has 1 fully saturated rings. The van der Waals surface area contributed by atoms with Crippen LogP contribution in [0.25, 0.3) is 0 Å². The minimum Gasteiger partial charge on any atom is -0.497 e. The first-order valence-corrected chi connectivity index (χ1v) is 7.18. The number of amides is 1. The fourth-order valence-corrected chi connectivity index (χ4v) is 2.78. The third-order valence-corrected chi connectivity index (χ3v) is 4.16. The minimum absolute atomic E-state index is 0.0103. The lowest BCUT2D eigenvalue weighted by Crippen LogP contribution is -2.41. The van der Waals surface area contributed by atoms with Gasteiger partial charge in [-0.3, -0.25) is 4.79 Å². The molecule has 19 heavy (non-hydrogen) atoms. The molecule has 1 aliphatic heterocycles. The molecular weight excluding hydrogens is 310 g/mol. The summed E-state index contributed by atoms with van der Waals surface area (Å²) in [5, 5.41) is 9.23. The van der Waals surface area contributed by atoms with Crippen LogP contribution >= 0.6 is 15.9 Å². The van der Waals surface area contributed by atoms with Crippen LogP contribution in [-0.4, -0.2) is 42.7 Å². The molecule has 1 saturated heterocycles. The van der Waals surface area contributed by atoms with E-state index in [4.69, 9.17) is 4.74 Å². The van der Waals surface area contributed by atoms with E-state index in [-0.39, 0.29) is 18.4 Å². The van der Waals surface area contributed by atoms with Gasteiger partial charge in [-0.15, -0.1) is 0 Å². The number of aliphatic hydroxyl groups is 1. The summed E-state index contributed by atoms with van der Waals surface area (Å²) >= 11 is 3.41. The maximum absolute atomic E-state index is 12.5. The standard InChI is InChI=1S/C14H18BrNO3/c1-19-11-4-5-13(15)12(7-11)14(18)16-6-2-3-10(8-16)9-17/h4-5,7,10,17H,2-3,6,8-9H2,1H3. The second kappa shape index (κ2) is 6.39. The molecule has 0 aromatic heterocycles. The fourth-order valence-electron chi connectivity index (χ4n) is 2.36. The highest BCUT2D eigenvalue weighted by molar-refractivity contribution is 9.10. The summed E-state index contributed by atoms with van der Waals surface area (Å²) in [4.78, 5) is 14.3. The molecule has 5 heteroatoms. The summed E-state index contributed by atoms with van der Waals surface area (Å²) in [5.74, 6) is 0.855. The third kappa shape index (κ3) is 3.28. The molecule has 0 radical (unpaired) electrons. The van der Waals surface area contributed by atoms with E-state index in [2.05, 4.69) is 15.9 Å². The molecule has 1 unspecified atom stereocenters. The molecule has 1 amide bonds. The molecule has 1 aromatic carbocycles. The first kappa shape index (κ1) is 14.3. The quantitative estimate of drug-likeness (QED) is 0.926. The average Bonchev–Trinajstić information content (AvgIpc) is 2.47. The largest absolute Gasteiger partial charge is 0.497 e. The Hall–Kier alpha value is -1.07. The molecule has 0 aliphatic carbocycles. The predicted octanol–water partition coefficient (Wildman–Crippen LogP) is 2.30. The number of likely N-dealkylation sites (tertiary alicyclic amines) is 1. The van der Waals surface area contributed by atoms with E-state index in [1.165, 1.54) is 0 Å². The van der Waals surface area contributed by atoms with Gasteiger partial charge >= 0.3 is 0 Å². The number of benzene rings is 1. The van der Waals surface area contributed by atoms with Crippen LogP contribution in [0.5, 0.6) is 5.75 Å². The Labute approximate surface area is 121 Å². The van der Waals surface area contributed by atoms with Crippen LogP contribution in [0.2, 0.25) is 0 Å². The Morgan fingerprint density at radius 1 is 1.58 bits per heavy atom. The van der Waals surface area contributed by atoms with Crippen molar-refractivity contribution < 1.29 is 14.6 Å². The van der Waals surface area contributed by atoms with Crippen LogP contribution in [0.4, 0.5) is 0 Å². The first-order valence-electron chi connectivity index (χ1n) is 6.39. The summed E-state index contributed by atoms with van der Waals surface area (Å²) in [6.45, 7) is 1.51. The number of aliphatic hydroxyl groups excluding tert-OH is 1. The highest BCUT2D eigenvalue weighted by Gasteiger charge is 2.25. The van der Waals surface area contributed by atoms with Gasteiger partial charge in [0, 0.05) is 24.2 Å². The second-order valence-corrected chi connectivity index (χ2v) is 5.64. The molecule has 0 bridgehead atoms. The van der Waals surface area contributed by atoms with Crippen LogP contribution in [0.3, 0.4) is 0 Å². The summed E-state index contributed by atoms with van der Waals surface area (Å²) in [6, 6.07) is 5.38. The highest BCUT2D eigenvalue weighted by Crippen LogP contribution is 2.26. The molecule has 1 N–H and O–H groups in total. The van der Waals surface area contributed by atoms with Gasteiger partial charge in [-0.1, -0.05) is 0 Å². The van der Waals surface area contributed by atoms with Gasteiger partial charge in [-0.05, 0) is 52.9 Å². The monoisotopic (exact) mass is 327 g/mol. The number of rotatable bonds is 3. The number of nitrogens with zero attached hydrogens (tertiary/aromatic N) is 1. The van der Waals surface area contributed by atoms with E-state index in [0.29, 0.717) is 17.9 Å². The van der Waals surface area contributed by atoms with Gasteiger partial charge in [0.2, 0.25) is 0 Å². The zero-order valence-electron chi connectivity index (χ0n) is 10.9. The van der Waals surface area contributed by atoms with Crippen molar-refractivity contribution in [2.24, 2.45) is 5.92 Å². The Kier molecular flexibility index (Phi) is 4.82.